The molecule has 0 aromatic carbocycles. The van der Waals surface area contributed by atoms with E-state index < -0.39 is 28.7 Å². The first-order valence-corrected chi connectivity index (χ1v) is 15.3. The first kappa shape index (κ1) is 27.5. The summed E-state index contributed by atoms with van der Waals surface area (Å²) in [5, 5.41) is 23.4. The van der Waals surface area contributed by atoms with E-state index in [1.807, 2.05) is 0 Å². The van der Waals surface area contributed by atoms with Crippen molar-refractivity contribution in [3.8, 4) is 0 Å². The molecule has 2 aliphatic heterocycles. The van der Waals surface area contributed by atoms with Crippen LogP contribution in [0.3, 0.4) is 0 Å². The first-order valence-electron chi connectivity index (χ1n) is 15.3. The molecule has 6 nitrogen and oxygen atoms in total. The van der Waals surface area contributed by atoms with Gasteiger partial charge in [-0.05, 0) is 100 Å². The van der Waals surface area contributed by atoms with Crippen LogP contribution in [0.4, 0.5) is 0 Å². The largest absolute Gasteiger partial charge is 0.462 e. The predicted octanol–water partition coefficient (Wildman–Crippen LogP) is 5.76. The van der Waals surface area contributed by atoms with Crippen LogP contribution in [-0.4, -0.2) is 51.0 Å². The van der Waals surface area contributed by atoms with Crippen LogP contribution in [0.15, 0.2) is 0 Å². The van der Waals surface area contributed by atoms with E-state index in [2.05, 4.69) is 41.5 Å². The summed E-state index contributed by atoms with van der Waals surface area (Å²) in [5.74, 6) is -0.401. The second-order valence-corrected chi connectivity index (χ2v) is 16.4. The number of aliphatic hydroxyl groups excluding tert-OH is 1. The predicted molar refractivity (Wildman–Crippen MR) is 144 cm³/mol. The second-order valence-electron chi connectivity index (χ2n) is 16.4. The minimum atomic E-state index is -1.11. The molecule has 4 aliphatic carbocycles. The molecule has 216 valence electrons. The molecule has 6 heteroatoms. The third-order valence-corrected chi connectivity index (χ3v) is 14.2. The molecule has 6 rings (SSSR count). The van der Waals surface area contributed by atoms with E-state index in [4.69, 9.17) is 14.2 Å². The van der Waals surface area contributed by atoms with Gasteiger partial charge in [0.15, 0.2) is 5.79 Å². The van der Waals surface area contributed by atoms with Crippen LogP contribution < -0.4 is 0 Å². The van der Waals surface area contributed by atoms with Crippen molar-refractivity contribution in [2.75, 3.05) is 0 Å². The van der Waals surface area contributed by atoms with Crippen molar-refractivity contribution >= 4 is 5.97 Å². The highest BCUT2D eigenvalue weighted by atomic mass is 16.8. The third-order valence-electron chi connectivity index (χ3n) is 14.2. The summed E-state index contributed by atoms with van der Waals surface area (Å²) in [5.41, 5.74) is -2.29. The fourth-order valence-electron chi connectivity index (χ4n) is 12.1. The molecule has 0 radical (unpaired) electrons. The molecule has 6 aliphatic rings. The zero-order valence-electron chi connectivity index (χ0n) is 25.3. The van der Waals surface area contributed by atoms with Crippen LogP contribution in [0.2, 0.25) is 0 Å². The van der Waals surface area contributed by atoms with Gasteiger partial charge in [0, 0.05) is 24.7 Å². The number of rotatable bonds is 2. The SMILES string of the molecule is CC(=O)OC1CCC2(C)C(CCC3(C)C2CC(O)C2C3(C)CCC23OC2(C(C)(C)O)CCC3(C)O2)C1(C)C. The van der Waals surface area contributed by atoms with Gasteiger partial charge in [0.1, 0.15) is 17.3 Å². The fourth-order valence-corrected chi connectivity index (χ4v) is 12.1. The Labute approximate surface area is 229 Å². The summed E-state index contributed by atoms with van der Waals surface area (Å²) >= 11 is 0. The summed E-state index contributed by atoms with van der Waals surface area (Å²) in [6.45, 7) is 19.4. The number of hydrogen-bond donors (Lipinski definition) is 2. The Hall–Kier alpha value is -0.690. The third kappa shape index (κ3) is 2.97. The molecule has 2 saturated heterocycles. The van der Waals surface area contributed by atoms with E-state index in [0.717, 1.165) is 51.4 Å². The number of aliphatic hydroxyl groups is 2. The van der Waals surface area contributed by atoms with Crippen molar-refractivity contribution in [2.45, 2.75) is 155 Å². The maximum atomic E-state index is 12.2. The lowest BCUT2D eigenvalue weighted by atomic mass is 9.35. The van der Waals surface area contributed by atoms with Crippen molar-refractivity contribution in [3.63, 3.8) is 0 Å². The number of hydrogen-bond acceptors (Lipinski definition) is 6. The minimum absolute atomic E-state index is 0.0312. The molecule has 0 amide bonds. The van der Waals surface area contributed by atoms with Crippen LogP contribution in [0.25, 0.3) is 0 Å². The molecule has 11 atom stereocenters. The van der Waals surface area contributed by atoms with E-state index in [-0.39, 0.29) is 39.7 Å². The van der Waals surface area contributed by atoms with Gasteiger partial charge in [0.25, 0.3) is 0 Å². The van der Waals surface area contributed by atoms with Gasteiger partial charge in [-0.25, -0.2) is 0 Å². The zero-order valence-corrected chi connectivity index (χ0v) is 25.3. The van der Waals surface area contributed by atoms with E-state index >= 15 is 0 Å². The molecule has 11 unspecified atom stereocenters. The molecular formula is C32H52O6. The lowest BCUT2D eigenvalue weighted by Gasteiger charge is -2.71. The maximum absolute atomic E-state index is 12.2. The highest BCUT2D eigenvalue weighted by Gasteiger charge is 2.82. The number of esters is 1. The van der Waals surface area contributed by atoms with Gasteiger partial charge in [0.05, 0.1) is 11.7 Å². The van der Waals surface area contributed by atoms with Crippen molar-refractivity contribution in [1.29, 1.82) is 0 Å². The molecule has 2 heterocycles. The van der Waals surface area contributed by atoms with Gasteiger partial charge in [-0.15, -0.1) is 0 Å². The fraction of sp³-hybridized carbons (Fsp3) is 0.969. The average molecular weight is 533 g/mol. The molecule has 6 fully saturated rings. The van der Waals surface area contributed by atoms with Gasteiger partial charge < -0.3 is 24.4 Å². The van der Waals surface area contributed by atoms with Crippen LogP contribution in [0.1, 0.15) is 120 Å². The number of ether oxygens (including phenoxy) is 3. The maximum Gasteiger partial charge on any atom is 0.302 e. The molecule has 0 aromatic rings. The number of carbonyl (C=O) groups excluding carboxylic acids is 1. The summed E-state index contributed by atoms with van der Waals surface area (Å²) in [4.78, 5) is 11.9. The summed E-state index contributed by atoms with van der Waals surface area (Å²) in [6, 6.07) is 0. The van der Waals surface area contributed by atoms with Gasteiger partial charge in [-0.1, -0.05) is 34.6 Å². The van der Waals surface area contributed by atoms with E-state index in [1.54, 1.807) is 13.8 Å². The van der Waals surface area contributed by atoms with Crippen molar-refractivity contribution in [3.05, 3.63) is 0 Å². The highest BCUT2D eigenvalue weighted by Crippen LogP contribution is 2.79. The summed E-state index contributed by atoms with van der Waals surface area (Å²) < 4.78 is 19.6. The lowest BCUT2D eigenvalue weighted by molar-refractivity contribution is -0.295. The Morgan fingerprint density at radius 3 is 2.16 bits per heavy atom. The highest BCUT2D eigenvalue weighted by molar-refractivity contribution is 5.66. The normalized spacial score (nSPS) is 56.9. The Balaban J connectivity index is 1.38. The van der Waals surface area contributed by atoms with Crippen LogP contribution in [-0.2, 0) is 19.0 Å². The lowest BCUT2D eigenvalue weighted by Crippen LogP contribution is -2.69. The van der Waals surface area contributed by atoms with Crippen LogP contribution in [0, 0.1) is 39.4 Å². The van der Waals surface area contributed by atoms with E-state index in [1.165, 1.54) is 6.92 Å². The van der Waals surface area contributed by atoms with E-state index in [9.17, 15) is 15.0 Å². The smallest absolute Gasteiger partial charge is 0.302 e. The molecular weight excluding hydrogens is 480 g/mol. The van der Waals surface area contributed by atoms with Gasteiger partial charge in [-0.2, -0.15) is 0 Å². The Morgan fingerprint density at radius 2 is 1.55 bits per heavy atom. The Morgan fingerprint density at radius 1 is 0.868 bits per heavy atom. The number of carbonyl (C=O) groups is 1. The van der Waals surface area contributed by atoms with Gasteiger partial charge in [0.2, 0.25) is 0 Å². The van der Waals surface area contributed by atoms with E-state index in [0.29, 0.717) is 18.3 Å². The van der Waals surface area contributed by atoms with Crippen molar-refractivity contribution in [2.24, 2.45) is 39.4 Å². The number of fused-ring (bicyclic) bond motifs is 9. The second kappa shape index (κ2) is 7.57. The molecule has 38 heavy (non-hydrogen) atoms. The molecule has 0 aromatic heterocycles. The Kier molecular flexibility index (Phi) is 5.48. The van der Waals surface area contributed by atoms with Crippen LogP contribution in [0.5, 0.6) is 0 Å². The monoisotopic (exact) mass is 532 g/mol. The molecule has 2 bridgehead atoms. The Bertz CT molecular complexity index is 1030. The van der Waals surface area contributed by atoms with Crippen LogP contribution >= 0.6 is 0 Å². The topological polar surface area (TPSA) is 85.2 Å². The quantitative estimate of drug-likeness (QED) is 0.440. The van der Waals surface area contributed by atoms with Crippen molar-refractivity contribution < 1.29 is 29.2 Å². The summed E-state index contributed by atoms with van der Waals surface area (Å²) in [7, 11) is 0. The standard InChI is InChI=1S/C32H52O6/c1-19(33)36-23-11-12-27(6)21(25(23,2)3)10-13-28(7)22(27)18-20(34)24-29(28,8)14-16-31(24)30(9)15-17-32(37-30,38-31)26(4,5)35/h20-24,34-35H,10-18H2,1-9H3. The first-order chi connectivity index (χ1) is 17.3. The van der Waals surface area contributed by atoms with Crippen molar-refractivity contribution in [1.82, 2.24) is 0 Å². The zero-order chi connectivity index (χ0) is 27.9. The minimum Gasteiger partial charge on any atom is -0.462 e. The van der Waals surface area contributed by atoms with Gasteiger partial charge >= 0.3 is 5.97 Å². The van der Waals surface area contributed by atoms with Gasteiger partial charge in [-0.3, -0.25) is 4.79 Å². The molecule has 1 spiro atoms. The molecule has 4 saturated carbocycles. The summed E-state index contributed by atoms with van der Waals surface area (Å²) in [6.07, 6.45) is 7.77. The molecule has 2 N–H and O–H groups in total. The average Bonchev–Trinajstić information content (AvgIpc) is 3.39.